The Hall–Kier alpha value is -0.650. The van der Waals surface area contributed by atoms with Crippen molar-refractivity contribution in [2.75, 3.05) is 39.5 Å². The second kappa shape index (κ2) is 24.0. The minimum atomic E-state index is 0.0141. The number of carbonyl (C=O) groups is 1. The summed E-state index contributed by atoms with van der Waals surface area (Å²) < 4.78 is 5.66. The molecule has 0 heterocycles. The van der Waals surface area contributed by atoms with Crippen LogP contribution in [0.15, 0.2) is 0 Å². The van der Waals surface area contributed by atoms with Gasteiger partial charge < -0.3 is 19.8 Å². The van der Waals surface area contributed by atoms with E-state index in [0.29, 0.717) is 13.2 Å². The van der Waals surface area contributed by atoms with Crippen molar-refractivity contribution < 1.29 is 19.7 Å². The van der Waals surface area contributed by atoms with Crippen LogP contribution in [-0.2, 0) is 9.53 Å². The molecule has 31 heavy (non-hydrogen) atoms. The third-order valence-electron chi connectivity index (χ3n) is 6.06. The molecule has 1 unspecified atom stereocenters. The van der Waals surface area contributed by atoms with E-state index in [1.54, 1.807) is 0 Å². The normalized spacial score (nSPS) is 12.4. The standard InChI is InChI=1S/C26H53NO4/c1-3-5-7-9-10-12-18-25(17-11-8-6-4-2)26(30)31-24-16-14-20-27(21-23-29)19-13-15-22-28/h25,28-29H,3-24H2,1-2H3. The van der Waals surface area contributed by atoms with Gasteiger partial charge in [-0.3, -0.25) is 4.79 Å². The van der Waals surface area contributed by atoms with Crippen LogP contribution in [0.4, 0.5) is 0 Å². The SMILES string of the molecule is CCCCCCCCC(CCCCCC)C(=O)OCCCCN(CCO)CCCCO. The molecule has 0 saturated heterocycles. The molecular formula is C26H53NO4. The molecule has 0 rings (SSSR count). The molecule has 0 saturated carbocycles. The molecule has 5 nitrogen and oxygen atoms in total. The van der Waals surface area contributed by atoms with Crippen molar-refractivity contribution in [3.63, 3.8) is 0 Å². The van der Waals surface area contributed by atoms with Gasteiger partial charge in [-0.05, 0) is 51.6 Å². The van der Waals surface area contributed by atoms with Gasteiger partial charge in [-0.15, -0.1) is 0 Å². The van der Waals surface area contributed by atoms with Crippen LogP contribution in [0.3, 0.4) is 0 Å². The molecule has 1 atom stereocenters. The second-order valence-corrected chi connectivity index (χ2v) is 8.97. The van der Waals surface area contributed by atoms with Crippen molar-refractivity contribution in [1.82, 2.24) is 4.90 Å². The molecule has 0 aromatic heterocycles. The third-order valence-corrected chi connectivity index (χ3v) is 6.06. The summed E-state index contributed by atoms with van der Waals surface area (Å²) in [6.45, 7) is 7.82. The van der Waals surface area contributed by atoms with Gasteiger partial charge in [0, 0.05) is 13.2 Å². The van der Waals surface area contributed by atoms with Crippen LogP contribution < -0.4 is 0 Å². The molecule has 0 fully saturated rings. The zero-order valence-electron chi connectivity index (χ0n) is 20.8. The van der Waals surface area contributed by atoms with E-state index < -0.39 is 0 Å². The Bertz CT molecular complexity index is 378. The van der Waals surface area contributed by atoms with Crippen LogP contribution in [0.5, 0.6) is 0 Å². The van der Waals surface area contributed by atoms with Crippen molar-refractivity contribution in [3.8, 4) is 0 Å². The molecule has 0 spiro atoms. The minimum absolute atomic E-state index is 0.0141. The van der Waals surface area contributed by atoms with Crippen LogP contribution in [0.25, 0.3) is 0 Å². The monoisotopic (exact) mass is 443 g/mol. The van der Waals surface area contributed by atoms with Gasteiger partial charge in [0.15, 0.2) is 0 Å². The van der Waals surface area contributed by atoms with Crippen LogP contribution in [0.1, 0.15) is 117 Å². The van der Waals surface area contributed by atoms with E-state index in [1.165, 1.54) is 51.4 Å². The summed E-state index contributed by atoms with van der Waals surface area (Å²) in [6, 6.07) is 0. The summed E-state index contributed by atoms with van der Waals surface area (Å²) in [4.78, 5) is 14.9. The van der Waals surface area contributed by atoms with Gasteiger partial charge in [-0.2, -0.15) is 0 Å². The molecule has 0 aromatic rings. The number of aliphatic hydroxyl groups is 2. The Kier molecular flexibility index (Phi) is 23.5. The Labute approximate surface area is 192 Å². The fraction of sp³-hybridized carbons (Fsp3) is 0.962. The molecular weight excluding hydrogens is 390 g/mol. The van der Waals surface area contributed by atoms with E-state index in [2.05, 4.69) is 18.7 Å². The van der Waals surface area contributed by atoms with Gasteiger partial charge >= 0.3 is 5.97 Å². The first-order chi connectivity index (χ1) is 15.2. The van der Waals surface area contributed by atoms with E-state index in [9.17, 15) is 9.90 Å². The summed E-state index contributed by atoms with van der Waals surface area (Å²) in [6.07, 6.45) is 17.9. The van der Waals surface area contributed by atoms with E-state index in [0.717, 1.165) is 64.5 Å². The lowest BCUT2D eigenvalue weighted by atomic mass is 9.94. The lowest BCUT2D eigenvalue weighted by Gasteiger charge is -2.21. The maximum atomic E-state index is 12.7. The zero-order valence-corrected chi connectivity index (χ0v) is 20.8. The molecule has 0 aliphatic rings. The fourth-order valence-corrected chi connectivity index (χ4v) is 4.02. The number of rotatable bonds is 24. The quantitative estimate of drug-likeness (QED) is 0.148. The first kappa shape index (κ1) is 30.4. The summed E-state index contributed by atoms with van der Waals surface area (Å²) in [7, 11) is 0. The Morgan fingerprint density at radius 1 is 0.677 bits per heavy atom. The van der Waals surface area contributed by atoms with Gasteiger partial charge in [0.2, 0.25) is 0 Å². The maximum absolute atomic E-state index is 12.7. The Balaban J connectivity index is 4.15. The van der Waals surface area contributed by atoms with E-state index >= 15 is 0 Å². The number of hydrogen-bond donors (Lipinski definition) is 2. The van der Waals surface area contributed by atoms with Gasteiger partial charge in [0.1, 0.15) is 0 Å². The predicted octanol–water partition coefficient (Wildman–Crippen LogP) is 5.71. The number of unbranched alkanes of at least 4 members (excludes halogenated alkanes) is 10. The third kappa shape index (κ3) is 19.7. The first-order valence-electron chi connectivity index (χ1n) is 13.3. The number of nitrogens with zero attached hydrogens (tertiary/aromatic N) is 1. The van der Waals surface area contributed by atoms with Gasteiger partial charge in [0.05, 0.1) is 19.1 Å². The summed E-state index contributed by atoms with van der Waals surface area (Å²) in [5.74, 6) is 0.0904. The largest absolute Gasteiger partial charge is 0.465 e. The molecule has 186 valence electrons. The average molecular weight is 444 g/mol. The molecule has 0 bridgehead atoms. The smallest absolute Gasteiger partial charge is 0.308 e. The number of ether oxygens (including phenoxy) is 1. The number of hydrogen-bond acceptors (Lipinski definition) is 5. The topological polar surface area (TPSA) is 70.0 Å². The van der Waals surface area contributed by atoms with Gasteiger partial charge in [-0.1, -0.05) is 78.1 Å². The predicted molar refractivity (Wildman–Crippen MR) is 130 cm³/mol. The highest BCUT2D eigenvalue weighted by atomic mass is 16.5. The van der Waals surface area contributed by atoms with Crippen LogP contribution in [0.2, 0.25) is 0 Å². The summed E-state index contributed by atoms with van der Waals surface area (Å²) in [5, 5.41) is 18.1. The van der Waals surface area contributed by atoms with Crippen LogP contribution >= 0.6 is 0 Å². The van der Waals surface area contributed by atoms with Gasteiger partial charge in [-0.25, -0.2) is 0 Å². The fourth-order valence-electron chi connectivity index (χ4n) is 4.02. The first-order valence-corrected chi connectivity index (χ1v) is 13.3. The summed E-state index contributed by atoms with van der Waals surface area (Å²) in [5.41, 5.74) is 0. The molecule has 0 radical (unpaired) electrons. The highest BCUT2D eigenvalue weighted by molar-refractivity contribution is 5.72. The number of aliphatic hydroxyl groups excluding tert-OH is 2. The van der Waals surface area contributed by atoms with Crippen LogP contribution in [-0.4, -0.2) is 60.5 Å². The molecule has 0 aliphatic carbocycles. The van der Waals surface area contributed by atoms with Crippen LogP contribution in [0, 0.1) is 5.92 Å². The lowest BCUT2D eigenvalue weighted by molar-refractivity contribution is -0.149. The number of carbonyl (C=O) groups excluding carboxylic acids is 1. The van der Waals surface area contributed by atoms with Crippen molar-refractivity contribution in [2.24, 2.45) is 5.92 Å². The maximum Gasteiger partial charge on any atom is 0.308 e. The molecule has 5 heteroatoms. The molecule has 0 aromatic carbocycles. The van der Waals surface area contributed by atoms with Crippen molar-refractivity contribution >= 4 is 5.97 Å². The molecule has 2 N–H and O–H groups in total. The summed E-state index contributed by atoms with van der Waals surface area (Å²) >= 11 is 0. The van der Waals surface area contributed by atoms with E-state index in [-0.39, 0.29) is 25.1 Å². The molecule has 0 aliphatic heterocycles. The average Bonchev–Trinajstić information content (AvgIpc) is 2.77. The van der Waals surface area contributed by atoms with Gasteiger partial charge in [0.25, 0.3) is 0 Å². The highest BCUT2D eigenvalue weighted by Crippen LogP contribution is 2.20. The Morgan fingerprint density at radius 2 is 1.23 bits per heavy atom. The van der Waals surface area contributed by atoms with E-state index in [1.807, 2.05) is 0 Å². The van der Waals surface area contributed by atoms with Crippen molar-refractivity contribution in [2.45, 2.75) is 117 Å². The number of esters is 1. The van der Waals surface area contributed by atoms with E-state index in [4.69, 9.17) is 9.84 Å². The molecule has 0 amide bonds. The second-order valence-electron chi connectivity index (χ2n) is 8.97. The minimum Gasteiger partial charge on any atom is -0.465 e. The van der Waals surface area contributed by atoms with Crippen molar-refractivity contribution in [3.05, 3.63) is 0 Å². The Morgan fingerprint density at radius 3 is 1.81 bits per heavy atom. The highest BCUT2D eigenvalue weighted by Gasteiger charge is 2.19. The lowest BCUT2D eigenvalue weighted by Crippen LogP contribution is -2.29. The van der Waals surface area contributed by atoms with Crippen molar-refractivity contribution in [1.29, 1.82) is 0 Å². The zero-order chi connectivity index (χ0) is 23.0.